The molecular formula is C20H24N2OS. The molecule has 1 amide bonds. The first-order chi connectivity index (χ1) is 11.7. The van der Waals surface area contributed by atoms with Crippen molar-refractivity contribution in [2.75, 3.05) is 6.54 Å². The predicted molar refractivity (Wildman–Crippen MR) is 100 cm³/mol. The van der Waals surface area contributed by atoms with E-state index in [4.69, 9.17) is 5.73 Å². The second-order valence-corrected chi connectivity index (χ2v) is 7.93. The van der Waals surface area contributed by atoms with Gasteiger partial charge in [0.05, 0.1) is 0 Å². The van der Waals surface area contributed by atoms with Crippen molar-refractivity contribution < 1.29 is 4.79 Å². The molecule has 0 bridgehead atoms. The van der Waals surface area contributed by atoms with Crippen molar-refractivity contribution in [1.29, 1.82) is 0 Å². The number of rotatable bonds is 6. The molecule has 0 aromatic heterocycles. The average Bonchev–Trinajstić information content (AvgIpc) is 3.09. The van der Waals surface area contributed by atoms with E-state index in [1.807, 2.05) is 42.1 Å². The van der Waals surface area contributed by atoms with E-state index < -0.39 is 0 Å². The van der Waals surface area contributed by atoms with Crippen LogP contribution in [-0.2, 0) is 6.54 Å². The van der Waals surface area contributed by atoms with Gasteiger partial charge >= 0.3 is 0 Å². The summed E-state index contributed by atoms with van der Waals surface area (Å²) in [6, 6.07) is 18.0. The Morgan fingerprint density at radius 1 is 1.04 bits per heavy atom. The maximum absolute atomic E-state index is 12.4. The van der Waals surface area contributed by atoms with Gasteiger partial charge in [0.15, 0.2) is 0 Å². The van der Waals surface area contributed by atoms with E-state index in [1.54, 1.807) is 0 Å². The van der Waals surface area contributed by atoms with Crippen molar-refractivity contribution >= 4 is 17.7 Å². The highest BCUT2D eigenvalue weighted by atomic mass is 32.2. The molecule has 1 saturated carbocycles. The molecule has 126 valence electrons. The topological polar surface area (TPSA) is 55.1 Å². The molecule has 0 spiro atoms. The van der Waals surface area contributed by atoms with E-state index in [1.165, 1.54) is 17.7 Å². The quantitative estimate of drug-likeness (QED) is 0.836. The van der Waals surface area contributed by atoms with Crippen LogP contribution in [0.2, 0.25) is 0 Å². The van der Waals surface area contributed by atoms with Gasteiger partial charge in [0.25, 0.3) is 5.91 Å². The van der Waals surface area contributed by atoms with Crippen LogP contribution in [0.5, 0.6) is 0 Å². The van der Waals surface area contributed by atoms with Gasteiger partial charge in [-0.2, -0.15) is 0 Å². The first-order valence-corrected chi connectivity index (χ1v) is 9.34. The lowest BCUT2D eigenvalue weighted by Crippen LogP contribution is -2.38. The van der Waals surface area contributed by atoms with Crippen LogP contribution in [0.4, 0.5) is 0 Å². The molecule has 3 nitrogen and oxygen atoms in total. The molecule has 1 fully saturated rings. The first-order valence-electron chi connectivity index (χ1n) is 8.52. The Bertz CT molecular complexity index is 664. The molecule has 0 aliphatic heterocycles. The normalized spacial score (nSPS) is 16.0. The highest BCUT2D eigenvalue weighted by molar-refractivity contribution is 8.00. The number of hydrogen-bond acceptors (Lipinski definition) is 3. The highest BCUT2D eigenvalue weighted by Crippen LogP contribution is 2.44. The zero-order chi connectivity index (χ0) is 16.8. The summed E-state index contributed by atoms with van der Waals surface area (Å²) in [6.07, 6.45) is 4.78. The Kier molecular flexibility index (Phi) is 5.59. The molecule has 0 unspecified atom stereocenters. The average molecular weight is 340 g/mol. The smallest absolute Gasteiger partial charge is 0.251 e. The van der Waals surface area contributed by atoms with Crippen LogP contribution in [-0.4, -0.2) is 17.2 Å². The van der Waals surface area contributed by atoms with E-state index >= 15 is 0 Å². The number of nitrogens with one attached hydrogen (secondary N) is 1. The van der Waals surface area contributed by atoms with Crippen LogP contribution < -0.4 is 11.1 Å². The number of carbonyl (C=O) groups excluding carboxylic acids is 1. The number of carbonyl (C=O) groups is 1. The Hall–Kier alpha value is -1.78. The summed E-state index contributed by atoms with van der Waals surface area (Å²) in [5.41, 5.74) is 7.34. The zero-order valence-electron chi connectivity index (χ0n) is 13.8. The lowest BCUT2D eigenvalue weighted by atomic mass is 10.1. The van der Waals surface area contributed by atoms with Gasteiger partial charge in [0, 0.05) is 28.3 Å². The fourth-order valence-electron chi connectivity index (χ4n) is 3.21. The second-order valence-electron chi connectivity index (χ2n) is 6.39. The minimum Gasteiger partial charge on any atom is -0.351 e. The van der Waals surface area contributed by atoms with Crippen molar-refractivity contribution in [3.8, 4) is 0 Å². The number of benzene rings is 2. The van der Waals surface area contributed by atoms with Crippen molar-refractivity contribution in [1.82, 2.24) is 5.32 Å². The number of amides is 1. The summed E-state index contributed by atoms with van der Waals surface area (Å²) < 4.78 is 0.119. The van der Waals surface area contributed by atoms with Gasteiger partial charge in [0.2, 0.25) is 0 Å². The summed E-state index contributed by atoms with van der Waals surface area (Å²) in [6.45, 7) is 1.21. The third-order valence-electron chi connectivity index (χ3n) is 4.62. The third kappa shape index (κ3) is 4.19. The molecule has 2 aromatic rings. The lowest BCUT2D eigenvalue weighted by molar-refractivity contribution is 0.0949. The summed E-state index contributed by atoms with van der Waals surface area (Å²) in [5.74, 6) is -0.00138. The van der Waals surface area contributed by atoms with Crippen LogP contribution in [0, 0.1) is 0 Å². The van der Waals surface area contributed by atoms with Crippen LogP contribution in [0.15, 0.2) is 59.5 Å². The number of nitrogens with two attached hydrogens (primary N) is 1. The summed E-state index contributed by atoms with van der Waals surface area (Å²) in [4.78, 5) is 13.7. The standard InChI is InChI=1S/C20H24N2OS/c21-14-16-8-10-17(11-9-16)19(23)22-15-20(12-4-5-13-20)24-18-6-2-1-3-7-18/h1-3,6-11H,4-5,12-15,21H2,(H,22,23). The molecule has 3 rings (SSSR count). The van der Waals surface area contributed by atoms with E-state index in [9.17, 15) is 4.79 Å². The fraction of sp³-hybridized carbons (Fsp3) is 0.350. The van der Waals surface area contributed by atoms with Crippen LogP contribution in [0.25, 0.3) is 0 Å². The maximum atomic E-state index is 12.4. The Labute approximate surface area is 148 Å². The molecule has 2 aromatic carbocycles. The Morgan fingerprint density at radius 2 is 1.71 bits per heavy atom. The van der Waals surface area contributed by atoms with Gasteiger partial charge in [-0.1, -0.05) is 43.2 Å². The molecule has 3 N–H and O–H groups in total. The van der Waals surface area contributed by atoms with Crippen molar-refractivity contribution in [2.45, 2.75) is 41.9 Å². The van der Waals surface area contributed by atoms with Gasteiger partial charge < -0.3 is 11.1 Å². The molecule has 0 saturated heterocycles. The van der Waals surface area contributed by atoms with Gasteiger partial charge in [-0.05, 0) is 42.7 Å². The molecule has 24 heavy (non-hydrogen) atoms. The largest absolute Gasteiger partial charge is 0.351 e. The van der Waals surface area contributed by atoms with Crippen LogP contribution >= 0.6 is 11.8 Å². The monoisotopic (exact) mass is 340 g/mol. The van der Waals surface area contributed by atoms with E-state index in [2.05, 4.69) is 29.6 Å². The molecule has 1 aliphatic rings. The summed E-state index contributed by atoms with van der Waals surface area (Å²) in [7, 11) is 0. The maximum Gasteiger partial charge on any atom is 0.251 e. The van der Waals surface area contributed by atoms with E-state index in [0.29, 0.717) is 18.7 Å². The molecule has 0 heterocycles. The Balaban J connectivity index is 1.64. The number of hydrogen-bond donors (Lipinski definition) is 2. The minimum atomic E-state index is -0.00138. The minimum absolute atomic E-state index is 0.00138. The zero-order valence-corrected chi connectivity index (χ0v) is 14.6. The predicted octanol–water partition coefficient (Wildman–Crippen LogP) is 3.98. The third-order valence-corrected chi connectivity index (χ3v) is 6.11. The molecule has 1 aliphatic carbocycles. The summed E-state index contributed by atoms with van der Waals surface area (Å²) in [5, 5.41) is 3.15. The second kappa shape index (κ2) is 7.86. The van der Waals surface area contributed by atoms with Crippen LogP contribution in [0.3, 0.4) is 0 Å². The van der Waals surface area contributed by atoms with Gasteiger partial charge in [-0.15, -0.1) is 11.8 Å². The molecule has 0 atom stereocenters. The van der Waals surface area contributed by atoms with Crippen molar-refractivity contribution in [3.05, 3.63) is 65.7 Å². The van der Waals surface area contributed by atoms with Gasteiger partial charge in [-0.25, -0.2) is 0 Å². The van der Waals surface area contributed by atoms with E-state index in [0.717, 1.165) is 18.4 Å². The van der Waals surface area contributed by atoms with Gasteiger partial charge in [-0.3, -0.25) is 4.79 Å². The summed E-state index contributed by atoms with van der Waals surface area (Å²) >= 11 is 1.91. The van der Waals surface area contributed by atoms with Crippen LogP contribution in [0.1, 0.15) is 41.6 Å². The Morgan fingerprint density at radius 3 is 2.33 bits per heavy atom. The SMILES string of the molecule is NCc1ccc(C(=O)NCC2(Sc3ccccc3)CCCC2)cc1. The number of thioether (sulfide) groups is 1. The van der Waals surface area contributed by atoms with E-state index in [-0.39, 0.29) is 10.7 Å². The van der Waals surface area contributed by atoms with Gasteiger partial charge in [0.1, 0.15) is 0 Å². The lowest BCUT2D eigenvalue weighted by Gasteiger charge is -2.28. The molecule has 4 heteroatoms. The highest BCUT2D eigenvalue weighted by Gasteiger charge is 2.35. The molecular weight excluding hydrogens is 316 g/mol. The fourth-order valence-corrected chi connectivity index (χ4v) is 4.64. The first kappa shape index (κ1) is 17.1. The molecule has 0 radical (unpaired) electrons. The van der Waals surface area contributed by atoms with Crippen molar-refractivity contribution in [2.24, 2.45) is 5.73 Å². The van der Waals surface area contributed by atoms with Crippen molar-refractivity contribution in [3.63, 3.8) is 0 Å².